The number of esters is 1. The molecule has 8 nitrogen and oxygen atoms in total. The fourth-order valence-corrected chi connectivity index (χ4v) is 2.31. The van der Waals surface area contributed by atoms with Crippen LogP contribution in [0.2, 0.25) is 0 Å². The van der Waals surface area contributed by atoms with E-state index in [-0.39, 0.29) is 18.9 Å². The molecule has 3 aromatic rings. The third-order valence-electron chi connectivity index (χ3n) is 3.75. The molecule has 1 N–H and O–H groups in total. The number of anilines is 1. The van der Waals surface area contributed by atoms with Gasteiger partial charge in [0.25, 0.3) is 5.89 Å². The van der Waals surface area contributed by atoms with Crippen molar-refractivity contribution in [3.8, 4) is 17.5 Å². The zero-order chi connectivity index (χ0) is 19.9. The van der Waals surface area contributed by atoms with Crippen molar-refractivity contribution >= 4 is 17.6 Å². The molecule has 2 aromatic carbocycles. The van der Waals surface area contributed by atoms with Crippen LogP contribution >= 0.6 is 0 Å². The highest BCUT2D eigenvalue weighted by atomic mass is 16.6. The summed E-state index contributed by atoms with van der Waals surface area (Å²) in [4.78, 5) is 27.7. The number of nitriles is 1. The Hall–Kier alpha value is -3.99. The van der Waals surface area contributed by atoms with Crippen LogP contribution in [0.5, 0.6) is 0 Å². The van der Waals surface area contributed by atoms with Crippen LogP contribution in [0, 0.1) is 18.3 Å². The van der Waals surface area contributed by atoms with Crippen LogP contribution in [-0.4, -0.2) is 22.0 Å². The molecule has 8 heteroatoms. The summed E-state index contributed by atoms with van der Waals surface area (Å²) < 4.78 is 10.3. The van der Waals surface area contributed by atoms with Crippen LogP contribution in [0.15, 0.2) is 53.1 Å². The van der Waals surface area contributed by atoms with Gasteiger partial charge in [0.15, 0.2) is 6.61 Å². The molecule has 0 radical (unpaired) electrons. The van der Waals surface area contributed by atoms with Gasteiger partial charge in [-0.15, -0.1) is 0 Å². The molecule has 0 unspecified atom stereocenters. The number of ether oxygens (including phenoxy) is 1. The van der Waals surface area contributed by atoms with Gasteiger partial charge in [-0.3, -0.25) is 4.79 Å². The molecule has 0 bridgehead atoms. The molecule has 3 rings (SSSR count). The first-order valence-corrected chi connectivity index (χ1v) is 8.39. The normalized spacial score (nSPS) is 10.1. The van der Waals surface area contributed by atoms with Crippen molar-refractivity contribution in [3.63, 3.8) is 0 Å². The summed E-state index contributed by atoms with van der Waals surface area (Å²) in [5.74, 6) is -0.378. The number of hydrogen-bond donors (Lipinski definition) is 1. The number of nitrogens with one attached hydrogen (secondary N) is 1. The maximum Gasteiger partial charge on any atom is 0.338 e. The SMILES string of the molecule is Cc1ccc(-c2noc(COC(=O)c3ccc(NC(=O)CC#N)cc3)n2)cc1. The molecule has 0 atom stereocenters. The Balaban J connectivity index is 1.56. The monoisotopic (exact) mass is 376 g/mol. The summed E-state index contributed by atoms with van der Waals surface area (Å²) in [6.45, 7) is 1.83. The lowest BCUT2D eigenvalue weighted by Crippen LogP contribution is -2.10. The zero-order valence-electron chi connectivity index (χ0n) is 15.0. The molecule has 0 aliphatic heterocycles. The lowest BCUT2D eigenvalue weighted by atomic mass is 10.1. The van der Waals surface area contributed by atoms with Crippen LogP contribution in [0.1, 0.15) is 28.2 Å². The van der Waals surface area contributed by atoms with Crippen molar-refractivity contribution in [1.29, 1.82) is 5.26 Å². The molecule has 0 spiro atoms. The van der Waals surface area contributed by atoms with E-state index >= 15 is 0 Å². The second-order valence-corrected chi connectivity index (χ2v) is 5.91. The number of amides is 1. The number of rotatable bonds is 6. The van der Waals surface area contributed by atoms with Crippen molar-refractivity contribution in [2.24, 2.45) is 0 Å². The summed E-state index contributed by atoms with van der Waals surface area (Å²) in [5, 5.41) is 14.9. The Bertz CT molecular complexity index is 1020. The summed E-state index contributed by atoms with van der Waals surface area (Å²) in [6, 6.07) is 15.5. The van der Waals surface area contributed by atoms with Crippen molar-refractivity contribution in [2.75, 3.05) is 5.32 Å². The second-order valence-electron chi connectivity index (χ2n) is 5.91. The first-order valence-electron chi connectivity index (χ1n) is 8.39. The number of carbonyl (C=O) groups excluding carboxylic acids is 2. The largest absolute Gasteiger partial charge is 0.452 e. The predicted octanol–water partition coefficient (Wildman–Crippen LogP) is 3.25. The third kappa shape index (κ3) is 4.80. The number of benzene rings is 2. The minimum atomic E-state index is -0.565. The highest BCUT2D eigenvalue weighted by molar-refractivity contribution is 5.93. The summed E-state index contributed by atoms with van der Waals surface area (Å²) >= 11 is 0. The first-order chi connectivity index (χ1) is 13.5. The van der Waals surface area contributed by atoms with Crippen LogP contribution in [0.25, 0.3) is 11.4 Å². The maximum absolute atomic E-state index is 12.1. The van der Waals surface area contributed by atoms with E-state index in [2.05, 4.69) is 15.5 Å². The Morgan fingerprint density at radius 3 is 2.54 bits per heavy atom. The van der Waals surface area contributed by atoms with Crippen molar-refractivity contribution in [3.05, 3.63) is 65.5 Å². The highest BCUT2D eigenvalue weighted by Gasteiger charge is 2.13. The molecular formula is C20H16N4O4. The Labute approximate surface area is 160 Å². The van der Waals surface area contributed by atoms with Gasteiger partial charge >= 0.3 is 5.97 Å². The molecule has 1 heterocycles. The van der Waals surface area contributed by atoms with E-state index in [9.17, 15) is 9.59 Å². The molecule has 1 aromatic heterocycles. The average molecular weight is 376 g/mol. The van der Waals surface area contributed by atoms with Crippen molar-refractivity contribution in [1.82, 2.24) is 10.1 Å². The Morgan fingerprint density at radius 2 is 1.86 bits per heavy atom. The van der Waals surface area contributed by atoms with Gasteiger partial charge in [0.1, 0.15) is 6.42 Å². The number of carbonyl (C=O) groups is 2. The topological polar surface area (TPSA) is 118 Å². The molecule has 140 valence electrons. The van der Waals surface area contributed by atoms with Gasteiger partial charge in [0, 0.05) is 11.3 Å². The predicted molar refractivity (Wildman–Crippen MR) is 98.9 cm³/mol. The van der Waals surface area contributed by atoms with Gasteiger partial charge in [-0.2, -0.15) is 10.2 Å². The van der Waals surface area contributed by atoms with Crippen molar-refractivity contribution < 1.29 is 18.8 Å². The van der Waals surface area contributed by atoms with Crippen LogP contribution in [-0.2, 0) is 16.1 Å². The standard InChI is InChI=1S/C20H16N4O4/c1-13-2-4-14(5-3-13)19-23-18(28-24-19)12-27-20(26)15-6-8-16(9-7-15)22-17(25)10-11-21/h2-9H,10,12H2,1H3,(H,22,25). The number of aromatic nitrogens is 2. The zero-order valence-corrected chi connectivity index (χ0v) is 15.0. The second kappa shape index (κ2) is 8.60. The van der Waals surface area contributed by atoms with E-state index in [1.807, 2.05) is 31.2 Å². The smallest absolute Gasteiger partial charge is 0.338 e. The van der Waals surface area contributed by atoms with E-state index < -0.39 is 11.9 Å². The molecule has 0 aliphatic rings. The highest BCUT2D eigenvalue weighted by Crippen LogP contribution is 2.17. The maximum atomic E-state index is 12.1. The van der Waals surface area contributed by atoms with Gasteiger partial charge in [0.2, 0.25) is 11.7 Å². The van der Waals surface area contributed by atoms with Crippen LogP contribution in [0.4, 0.5) is 5.69 Å². The van der Waals surface area contributed by atoms with E-state index in [0.29, 0.717) is 17.1 Å². The molecule has 0 saturated carbocycles. The number of aryl methyl sites for hydroxylation is 1. The summed E-state index contributed by atoms with van der Waals surface area (Å²) in [7, 11) is 0. The van der Waals surface area contributed by atoms with E-state index in [0.717, 1.165) is 11.1 Å². The van der Waals surface area contributed by atoms with Gasteiger partial charge < -0.3 is 14.6 Å². The lowest BCUT2D eigenvalue weighted by molar-refractivity contribution is -0.115. The quantitative estimate of drug-likeness (QED) is 0.656. The number of hydrogen-bond acceptors (Lipinski definition) is 7. The molecular weight excluding hydrogens is 360 g/mol. The van der Waals surface area contributed by atoms with Gasteiger partial charge in [-0.05, 0) is 31.2 Å². The lowest BCUT2D eigenvalue weighted by Gasteiger charge is -2.05. The Kier molecular flexibility index (Phi) is 5.77. The average Bonchev–Trinajstić information content (AvgIpc) is 3.16. The van der Waals surface area contributed by atoms with Crippen molar-refractivity contribution in [2.45, 2.75) is 20.0 Å². The third-order valence-corrected chi connectivity index (χ3v) is 3.75. The van der Waals surface area contributed by atoms with Crippen LogP contribution in [0.3, 0.4) is 0 Å². The molecule has 0 aliphatic carbocycles. The van der Waals surface area contributed by atoms with Crippen LogP contribution < -0.4 is 5.32 Å². The fourth-order valence-electron chi connectivity index (χ4n) is 2.31. The minimum absolute atomic E-state index is 0.154. The summed E-state index contributed by atoms with van der Waals surface area (Å²) in [6.07, 6.45) is -0.238. The van der Waals surface area contributed by atoms with E-state index in [4.69, 9.17) is 14.5 Å². The minimum Gasteiger partial charge on any atom is -0.452 e. The van der Waals surface area contributed by atoms with E-state index in [1.54, 1.807) is 18.2 Å². The number of nitrogens with zero attached hydrogens (tertiary/aromatic N) is 3. The van der Waals surface area contributed by atoms with Gasteiger partial charge in [-0.25, -0.2) is 4.79 Å². The van der Waals surface area contributed by atoms with E-state index in [1.165, 1.54) is 12.1 Å². The fraction of sp³-hybridized carbons (Fsp3) is 0.150. The molecule has 0 saturated heterocycles. The molecule has 1 amide bonds. The van der Waals surface area contributed by atoms with Gasteiger partial charge in [0.05, 0.1) is 11.6 Å². The summed E-state index contributed by atoms with van der Waals surface area (Å²) in [5.41, 5.74) is 2.71. The first kappa shape index (κ1) is 18.8. The Morgan fingerprint density at radius 1 is 1.14 bits per heavy atom. The van der Waals surface area contributed by atoms with Gasteiger partial charge in [-0.1, -0.05) is 35.0 Å². The molecule has 0 fully saturated rings. The molecule has 28 heavy (non-hydrogen) atoms.